The van der Waals surface area contributed by atoms with E-state index in [4.69, 9.17) is 0 Å². The molecule has 0 aliphatic carbocycles. The predicted molar refractivity (Wildman–Crippen MR) is 117 cm³/mol. The third-order valence-electron chi connectivity index (χ3n) is 7.42. The van der Waals surface area contributed by atoms with Crippen molar-refractivity contribution in [2.24, 2.45) is 17.8 Å². The summed E-state index contributed by atoms with van der Waals surface area (Å²) in [6.07, 6.45) is 0. The molecule has 166 valence electrons. The van der Waals surface area contributed by atoms with Crippen LogP contribution in [0, 0.1) is 37.4 Å². The van der Waals surface area contributed by atoms with E-state index < -0.39 is 17.4 Å². The number of aryl methyl sites for hydroxylation is 1. The largest absolute Gasteiger partial charge is 0.324 e. The second kappa shape index (κ2) is 6.97. The van der Waals surface area contributed by atoms with Crippen LogP contribution in [0.15, 0.2) is 36.4 Å². The molecule has 0 aromatic heterocycles. The van der Waals surface area contributed by atoms with Crippen LogP contribution in [0.5, 0.6) is 0 Å². The lowest BCUT2D eigenvalue weighted by Gasteiger charge is -2.30. The molecule has 3 heterocycles. The van der Waals surface area contributed by atoms with E-state index in [1.54, 1.807) is 12.1 Å². The maximum Gasteiger partial charge on any atom is 0.250 e. The standard InChI is InChI=1S/C25H26FN3O3/c1-12(2)20-18-19(23(31)29(22(18)30)11-15-6-8-16(26)9-7-15)25(28-20)17-10-5-13(3)14(4)21(17)27-24(25)32/h5-10,12,18-20,28H,11H2,1-4H3,(H,27,32)/t18-,19-,20+,25+/m0/s1. The van der Waals surface area contributed by atoms with Gasteiger partial charge in [-0.2, -0.15) is 0 Å². The van der Waals surface area contributed by atoms with Crippen LogP contribution >= 0.6 is 0 Å². The Hall–Kier alpha value is -3.06. The van der Waals surface area contributed by atoms with E-state index in [2.05, 4.69) is 10.6 Å². The molecule has 5 rings (SSSR count). The van der Waals surface area contributed by atoms with Crippen molar-refractivity contribution in [3.63, 3.8) is 0 Å². The van der Waals surface area contributed by atoms with Gasteiger partial charge in [-0.05, 0) is 48.6 Å². The van der Waals surface area contributed by atoms with Gasteiger partial charge in [-0.3, -0.25) is 24.6 Å². The first-order chi connectivity index (χ1) is 15.2. The van der Waals surface area contributed by atoms with Crippen LogP contribution < -0.4 is 10.6 Å². The Kier molecular flexibility index (Phi) is 4.53. The van der Waals surface area contributed by atoms with Gasteiger partial charge in [0.2, 0.25) is 17.7 Å². The van der Waals surface area contributed by atoms with Crippen molar-refractivity contribution in [3.05, 3.63) is 64.5 Å². The Balaban J connectivity index is 1.62. The molecule has 0 unspecified atom stereocenters. The lowest BCUT2D eigenvalue weighted by Crippen LogP contribution is -2.53. The molecule has 2 N–H and O–H groups in total. The van der Waals surface area contributed by atoms with Crippen molar-refractivity contribution >= 4 is 23.4 Å². The maximum absolute atomic E-state index is 13.7. The fraction of sp³-hybridized carbons (Fsp3) is 0.400. The fourth-order valence-corrected chi connectivity index (χ4v) is 5.61. The lowest BCUT2D eigenvalue weighted by atomic mass is 9.75. The van der Waals surface area contributed by atoms with E-state index in [9.17, 15) is 18.8 Å². The Labute approximate surface area is 186 Å². The monoisotopic (exact) mass is 435 g/mol. The van der Waals surface area contributed by atoms with Gasteiger partial charge < -0.3 is 5.32 Å². The van der Waals surface area contributed by atoms with E-state index >= 15 is 0 Å². The van der Waals surface area contributed by atoms with Crippen LogP contribution in [-0.4, -0.2) is 28.7 Å². The number of amides is 3. The van der Waals surface area contributed by atoms with E-state index in [1.165, 1.54) is 17.0 Å². The Bertz CT molecular complexity index is 1160. The lowest BCUT2D eigenvalue weighted by molar-refractivity contribution is -0.143. The van der Waals surface area contributed by atoms with Gasteiger partial charge in [0.05, 0.1) is 18.4 Å². The highest BCUT2D eigenvalue weighted by molar-refractivity contribution is 6.15. The number of hydrogen-bond donors (Lipinski definition) is 2. The molecule has 0 saturated carbocycles. The summed E-state index contributed by atoms with van der Waals surface area (Å²) in [5.41, 5.74) is 2.84. The number of halogens is 1. The molecule has 3 aliphatic rings. The van der Waals surface area contributed by atoms with Crippen LogP contribution in [0.25, 0.3) is 0 Å². The minimum atomic E-state index is -1.28. The zero-order valence-corrected chi connectivity index (χ0v) is 18.5. The highest BCUT2D eigenvalue weighted by atomic mass is 19.1. The summed E-state index contributed by atoms with van der Waals surface area (Å²) in [7, 11) is 0. The zero-order chi connectivity index (χ0) is 22.9. The van der Waals surface area contributed by atoms with Gasteiger partial charge in [0.25, 0.3) is 0 Å². The summed E-state index contributed by atoms with van der Waals surface area (Å²) in [5, 5.41) is 6.44. The Morgan fingerprint density at radius 3 is 2.38 bits per heavy atom. The normalized spacial score (nSPS) is 28.6. The summed E-state index contributed by atoms with van der Waals surface area (Å²) in [4.78, 5) is 42.0. The molecule has 3 aliphatic heterocycles. The van der Waals surface area contributed by atoms with Crippen LogP contribution in [0.4, 0.5) is 10.1 Å². The molecule has 6 nitrogen and oxygen atoms in total. The fourth-order valence-electron chi connectivity index (χ4n) is 5.61. The third-order valence-corrected chi connectivity index (χ3v) is 7.42. The first-order valence-electron chi connectivity index (χ1n) is 11.0. The summed E-state index contributed by atoms with van der Waals surface area (Å²) in [6, 6.07) is 9.28. The van der Waals surface area contributed by atoms with Gasteiger partial charge in [0, 0.05) is 17.3 Å². The number of imide groups is 1. The Morgan fingerprint density at radius 1 is 1.03 bits per heavy atom. The number of nitrogens with zero attached hydrogens (tertiary/aromatic N) is 1. The van der Waals surface area contributed by atoms with Gasteiger partial charge in [0.1, 0.15) is 11.4 Å². The molecule has 0 radical (unpaired) electrons. The van der Waals surface area contributed by atoms with Crippen molar-refractivity contribution < 1.29 is 18.8 Å². The number of anilines is 1. The van der Waals surface area contributed by atoms with Crippen LogP contribution in [0.2, 0.25) is 0 Å². The number of hydrogen-bond acceptors (Lipinski definition) is 4. The minimum Gasteiger partial charge on any atom is -0.324 e. The van der Waals surface area contributed by atoms with E-state index in [0.29, 0.717) is 5.56 Å². The first kappa shape index (κ1) is 20.8. The molecule has 2 aromatic carbocycles. The number of rotatable bonds is 3. The van der Waals surface area contributed by atoms with Crippen LogP contribution in [0.3, 0.4) is 0 Å². The highest BCUT2D eigenvalue weighted by Crippen LogP contribution is 2.54. The van der Waals surface area contributed by atoms with Gasteiger partial charge in [-0.1, -0.05) is 38.1 Å². The minimum absolute atomic E-state index is 0.0350. The van der Waals surface area contributed by atoms with Crippen molar-refractivity contribution in [2.75, 3.05) is 5.32 Å². The number of carbonyl (C=O) groups excluding carboxylic acids is 3. The molecule has 7 heteroatoms. The summed E-state index contributed by atoms with van der Waals surface area (Å²) in [6.45, 7) is 7.96. The van der Waals surface area contributed by atoms with Crippen molar-refractivity contribution in [1.82, 2.24) is 10.2 Å². The number of fused-ring (bicyclic) bond motifs is 4. The number of likely N-dealkylation sites (tertiary alicyclic amines) is 1. The molecule has 32 heavy (non-hydrogen) atoms. The van der Waals surface area contributed by atoms with Gasteiger partial charge in [-0.25, -0.2) is 4.39 Å². The number of benzene rings is 2. The van der Waals surface area contributed by atoms with Crippen molar-refractivity contribution in [3.8, 4) is 0 Å². The SMILES string of the molecule is Cc1ccc2c(c1C)NC(=O)[C@@]21N[C@H](C(C)C)[C@H]2C(=O)N(Cc3ccc(F)cc3)C(=O)[C@H]21. The summed E-state index contributed by atoms with van der Waals surface area (Å²) < 4.78 is 13.3. The molecular weight excluding hydrogens is 409 g/mol. The average Bonchev–Trinajstić information content (AvgIpc) is 3.34. The quantitative estimate of drug-likeness (QED) is 0.727. The molecule has 3 amide bonds. The molecule has 4 atom stereocenters. The van der Waals surface area contributed by atoms with Crippen molar-refractivity contribution in [2.45, 2.75) is 45.8 Å². The van der Waals surface area contributed by atoms with Gasteiger partial charge >= 0.3 is 0 Å². The van der Waals surface area contributed by atoms with Crippen molar-refractivity contribution in [1.29, 1.82) is 0 Å². The summed E-state index contributed by atoms with van der Waals surface area (Å²) in [5.74, 6) is -2.74. The average molecular weight is 435 g/mol. The third kappa shape index (κ3) is 2.64. The topological polar surface area (TPSA) is 78.5 Å². The van der Waals surface area contributed by atoms with E-state index in [-0.39, 0.29) is 42.0 Å². The number of carbonyl (C=O) groups is 3. The molecule has 0 bridgehead atoms. The molecule has 1 spiro atoms. The number of nitrogens with one attached hydrogen (secondary N) is 2. The highest BCUT2D eigenvalue weighted by Gasteiger charge is 2.70. The predicted octanol–water partition coefficient (Wildman–Crippen LogP) is 3.02. The second-order valence-electron chi connectivity index (χ2n) is 9.50. The molecular formula is C25H26FN3O3. The van der Waals surface area contributed by atoms with Crippen LogP contribution in [-0.2, 0) is 26.5 Å². The maximum atomic E-state index is 13.7. The van der Waals surface area contributed by atoms with Gasteiger partial charge in [0.15, 0.2) is 0 Å². The molecule has 2 saturated heterocycles. The smallest absolute Gasteiger partial charge is 0.250 e. The Morgan fingerprint density at radius 2 is 1.72 bits per heavy atom. The van der Waals surface area contributed by atoms with Gasteiger partial charge in [-0.15, -0.1) is 0 Å². The molecule has 2 fully saturated rings. The van der Waals surface area contributed by atoms with E-state index in [1.807, 2.05) is 39.8 Å². The van der Waals surface area contributed by atoms with E-state index in [0.717, 1.165) is 22.4 Å². The zero-order valence-electron chi connectivity index (χ0n) is 18.5. The summed E-state index contributed by atoms with van der Waals surface area (Å²) >= 11 is 0. The van der Waals surface area contributed by atoms with Crippen LogP contribution in [0.1, 0.15) is 36.1 Å². The second-order valence-corrected chi connectivity index (χ2v) is 9.50. The first-order valence-corrected chi connectivity index (χ1v) is 11.0. The molecule has 2 aromatic rings.